The van der Waals surface area contributed by atoms with E-state index in [0.717, 1.165) is 80.2 Å². The number of nitrogens with one attached hydrogen (secondary N) is 1. The monoisotopic (exact) mass is 1000 g/mol. The van der Waals surface area contributed by atoms with Crippen LogP contribution in [-0.4, -0.2) is 19.0 Å². The molecule has 1 amide bonds. The summed E-state index contributed by atoms with van der Waals surface area (Å²) in [5.74, 6) is 1.99. The highest BCUT2D eigenvalue weighted by Crippen LogP contribution is 2.59. The van der Waals surface area contributed by atoms with Crippen LogP contribution in [0.4, 0.5) is 15.8 Å². The Labute approximate surface area is 450 Å². The van der Waals surface area contributed by atoms with E-state index in [0.29, 0.717) is 11.5 Å². The first-order valence-electron chi connectivity index (χ1n) is 28.4. The zero-order valence-corrected chi connectivity index (χ0v) is 45.1. The molecule has 2 aliphatic carbocycles. The molecule has 1 N–H and O–H groups in total. The number of hydrogen-bond donors (Lipinski definition) is 1. The van der Waals surface area contributed by atoms with Gasteiger partial charge in [0.15, 0.2) is 5.60 Å². The van der Waals surface area contributed by atoms with Crippen LogP contribution in [0.3, 0.4) is 0 Å². The second-order valence-electron chi connectivity index (χ2n) is 23.1. The van der Waals surface area contributed by atoms with Crippen molar-refractivity contribution in [2.45, 2.75) is 122 Å². The Morgan fingerprint density at radius 2 is 1.36 bits per heavy atom. The summed E-state index contributed by atoms with van der Waals surface area (Å²) >= 11 is 0. The molecule has 2 heterocycles. The quantitative estimate of drug-likeness (QED) is 0.124. The highest BCUT2D eigenvalue weighted by molar-refractivity contribution is 6.10. The van der Waals surface area contributed by atoms with Crippen LogP contribution in [0, 0.1) is 25.6 Å². The summed E-state index contributed by atoms with van der Waals surface area (Å²) in [5.41, 5.74) is 17.5. The van der Waals surface area contributed by atoms with Gasteiger partial charge in [0.05, 0.1) is 0 Å². The molecule has 5 heteroatoms. The number of unbranched alkanes of at least 4 members (excludes halogenated alkanes) is 2. The number of piperidine rings is 1. The van der Waals surface area contributed by atoms with Crippen LogP contribution in [0.5, 0.6) is 5.75 Å². The van der Waals surface area contributed by atoms with Crippen molar-refractivity contribution in [3.63, 3.8) is 0 Å². The van der Waals surface area contributed by atoms with Crippen molar-refractivity contribution in [1.82, 2.24) is 0 Å². The maximum Gasteiger partial charge on any atom is 0.255 e. The Hall–Kier alpha value is -7.24. The molecule has 2 aliphatic heterocycles. The van der Waals surface area contributed by atoms with Gasteiger partial charge >= 0.3 is 0 Å². The van der Waals surface area contributed by atoms with Gasteiger partial charge in [-0.25, -0.2) is 4.39 Å². The van der Waals surface area contributed by atoms with Crippen LogP contribution >= 0.6 is 0 Å². The highest BCUT2D eigenvalue weighted by atomic mass is 19.1. The van der Waals surface area contributed by atoms with E-state index in [2.05, 4.69) is 166 Å². The fraction of sp³-hybridized carbons (Fsp3) is 0.310. The van der Waals surface area contributed by atoms with E-state index < -0.39 is 5.60 Å². The molecule has 0 bridgehead atoms. The molecule has 2 fully saturated rings. The van der Waals surface area contributed by atoms with Gasteiger partial charge in [-0.2, -0.15) is 0 Å². The molecule has 4 nitrogen and oxygen atoms in total. The van der Waals surface area contributed by atoms with Crippen LogP contribution in [0.1, 0.15) is 152 Å². The lowest BCUT2D eigenvalue weighted by Gasteiger charge is -2.39. The van der Waals surface area contributed by atoms with E-state index in [9.17, 15) is 9.18 Å². The summed E-state index contributed by atoms with van der Waals surface area (Å²) in [7, 11) is 0. The van der Waals surface area contributed by atoms with Gasteiger partial charge in [-0.1, -0.05) is 149 Å². The molecule has 8 aromatic rings. The normalized spacial score (nSPS) is 19.4. The molecule has 0 spiro atoms. The first kappa shape index (κ1) is 49.6. The lowest BCUT2D eigenvalue weighted by Crippen LogP contribution is -2.35. The van der Waals surface area contributed by atoms with E-state index in [-0.39, 0.29) is 17.1 Å². The Morgan fingerprint density at radius 1 is 0.684 bits per heavy atom. The Balaban J connectivity index is 0.835. The van der Waals surface area contributed by atoms with Gasteiger partial charge in [-0.05, 0) is 198 Å². The molecule has 384 valence electrons. The number of ether oxygens (including phenoxy) is 1. The van der Waals surface area contributed by atoms with Crippen molar-refractivity contribution < 1.29 is 13.9 Å². The number of hydrogen-bond acceptors (Lipinski definition) is 3. The zero-order chi connectivity index (χ0) is 52.1. The van der Waals surface area contributed by atoms with Crippen LogP contribution in [0.25, 0.3) is 50.2 Å². The van der Waals surface area contributed by atoms with Crippen LogP contribution < -0.4 is 15.0 Å². The second kappa shape index (κ2) is 20.4. The molecule has 0 aromatic heterocycles. The van der Waals surface area contributed by atoms with Crippen molar-refractivity contribution in [2.24, 2.45) is 5.92 Å². The molecule has 1 saturated carbocycles. The third-order valence-electron chi connectivity index (χ3n) is 17.8. The van der Waals surface area contributed by atoms with E-state index in [1.165, 1.54) is 127 Å². The van der Waals surface area contributed by atoms with Gasteiger partial charge in [-0.15, -0.1) is 0 Å². The number of rotatable bonds is 12. The smallest absolute Gasteiger partial charge is 0.255 e. The van der Waals surface area contributed by atoms with E-state index in [1.54, 1.807) is 0 Å². The largest absolute Gasteiger partial charge is 0.472 e. The number of nitrogens with zero attached hydrogens (tertiary/aromatic N) is 1. The van der Waals surface area contributed by atoms with Crippen molar-refractivity contribution in [2.75, 3.05) is 23.3 Å². The lowest BCUT2D eigenvalue weighted by atomic mass is 9.76. The molecular weight excluding hydrogens is 932 g/mol. The highest BCUT2D eigenvalue weighted by Gasteiger charge is 2.44. The lowest BCUT2D eigenvalue weighted by molar-refractivity contribution is 0.102. The van der Waals surface area contributed by atoms with Crippen LogP contribution in [0.15, 0.2) is 158 Å². The predicted octanol–water partition coefficient (Wildman–Crippen LogP) is 18.7. The van der Waals surface area contributed by atoms with Crippen molar-refractivity contribution >= 4 is 34.1 Å². The number of fused-ring (bicyclic) bond motifs is 8. The maximum atomic E-state index is 14.7. The van der Waals surface area contributed by atoms with Gasteiger partial charge in [-0.3, -0.25) is 4.79 Å². The van der Waals surface area contributed by atoms with Crippen LogP contribution in [-0.2, 0) is 11.0 Å². The minimum absolute atomic E-state index is 0.134. The average Bonchev–Trinajstić information content (AvgIpc) is 3.86. The number of carbonyl (C=O) groups excluding carboxylic acids is 1. The molecule has 1 saturated heterocycles. The third kappa shape index (κ3) is 9.14. The summed E-state index contributed by atoms with van der Waals surface area (Å²) in [6.45, 7) is 13.4. The average molecular weight is 1000 g/mol. The number of anilines is 2. The Kier molecular flexibility index (Phi) is 13.3. The number of benzene rings is 8. The number of halogens is 1. The van der Waals surface area contributed by atoms with Gasteiger partial charge in [0.25, 0.3) is 5.91 Å². The number of aryl methyl sites for hydroxylation is 2. The summed E-state index contributed by atoms with van der Waals surface area (Å²) in [4.78, 5) is 16.2. The summed E-state index contributed by atoms with van der Waals surface area (Å²) in [6.07, 6.45) is 18.9. The van der Waals surface area contributed by atoms with E-state index in [4.69, 9.17) is 4.74 Å². The maximum absolute atomic E-state index is 14.7. The summed E-state index contributed by atoms with van der Waals surface area (Å²) in [6, 6.07) is 52.7. The molecule has 4 aliphatic rings. The van der Waals surface area contributed by atoms with Gasteiger partial charge in [0, 0.05) is 57.5 Å². The molecule has 76 heavy (non-hydrogen) atoms. The topological polar surface area (TPSA) is 41.6 Å². The van der Waals surface area contributed by atoms with Crippen molar-refractivity contribution in [1.29, 1.82) is 0 Å². The number of amides is 1. The van der Waals surface area contributed by atoms with Gasteiger partial charge in [0.1, 0.15) is 11.6 Å². The Bertz CT molecular complexity index is 3480. The zero-order valence-electron chi connectivity index (χ0n) is 45.1. The molecule has 0 radical (unpaired) electrons. The predicted molar refractivity (Wildman–Crippen MR) is 314 cm³/mol. The first-order chi connectivity index (χ1) is 37.0. The van der Waals surface area contributed by atoms with Gasteiger partial charge in [0.2, 0.25) is 0 Å². The van der Waals surface area contributed by atoms with E-state index in [1.807, 2.05) is 30.3 Å². The number of carbonyl (C=O) groups is 1. The molecule has 1 unspecified atom stereocenters. The molecule has 8 aromatic carbocycles. The standard InChI is InChI=1S/C71H71FN2O2/c1-6-7-9-12-48-14-16-49(17-15-48)50-18-20-51(21-19-50)52-22-24-53(25-23-52)69(75)73-58-33-38-60(47(3)44-58)54-26-37-61-64(45-54)66-62-36-13-46(2)43-65(62)70(4,5)67(66)63-39-40-71(76-68(61)63,55-27-31-57(72)32-28-55)56-29-34-59(35-30-56)74-41-10-8-11-42-74/h13,18-40,43-45,48-49H,6-12,14-17,41-42H2,1-5H3,(H,73,75). The third-order valence-corrected chi connectivity index (χ3v) is 17.8. The van der Waals surface area contributed by atoms with Crippen LogP contribution in [0.2, 0.25) is 0 Å². The van der Waals surface area contributed by atoms with Crippen molar-refractivity contribution in [3.05, 3.63) is 214 Å². The van der Waals surface area contributed by atoms with E-state index >= 15 is 0 Å². The van der Waals surface area contributed by atoms with Gasteiger partial charge < -0.3 is 15.0 Å². The fourth-order valence-electron chi connectivity index (χ4n) is 13.5. The molecule has 1 atom stereocenters. The SMILES string of the molecule is CCCCCC1CCC(c2ccc(-c3ccc(C(=O)Nc4ccc(-c5ccc6c7c(c8c(c6c5)-c5ccc(C)cc5C8(C)C)C=CC(c5ccc(F)cc5)(c5ccc(N6CCCCC6)cc5)O7)c(C)c4)cc3)cc2)CC1. The summed E-state index contributed by atoms with van der Waals surface area (Å²) < 4.78 is 22.3. The second-order valence-corrected chi connectivity index (χ2v) is 23.1. The summed E-state index contributed by atoms with van der Waals surface area (Å²) in [5, 5.41) is 5.34. The minimum Gasteiger partial charge on any atom is -0.472 e. The molecule has 12 rings (SSSR count). The fourth-order valence-corrected chi connectivity index (χ4v) is 13.5. The first-order valence-corrected chi connectivity index (χ1v) is 28.4. The van der Waals surface area contributed by atoms with Crippen molar-refractivity contribution in [3.8, 4) is 39.1 Å². The molecular formula is C71H71FN2O2. The Morgan fingerprint density at radius 3 is 2.05 bits per heavy atom. The minimum atomic E-state index is -1.01.